The molecule has 19 heavy (non-hydrogen) atoms. The molecule has 2 bridgehead atoms. The second-order valence-corrected chi connectivity index (χ2v) is 5.22. The monoisotopic (exact) mass is 267 g/mol. The van der Waals surface area contributed by atoms with Gasteiger partial charge in [-0.1, -0.05) is 12.2 Å². The molecule has 2 N–H and O–H groups in total. The van der Waals surface area contributed by atoms with E-state index in [1.807, 2.05) is 0 Å². The highest BCUT2D eigenvalue weighted by molar-refractivity contribution is 5.87. The van der Waals surface area contributed by atoms with Crippen molar-refractivity contribution in [3.05, 3.63) is 12.2 Å². The number of carboxylic acids is 1. The van der Waals surface area contributed by atoms with Gasteiger partial charge in [-0.15, -0.1) is 0 Å². The van der Waals surface area contributed by atoms with Crippen LogP contribution in [0.15, 0.2) is 12.2 Å². The van der Waals surface area contributed by atoms with Gasteiger partial charge in [-0.2, -0.15) is 0 Å². The Labute approximate surface area is 110 Å². The molecular formula is C13H17NO5. The number of hydrogen-bond donors (Lipinski definition) is 2. The van der Waals surface area contributed by atoms with Crippen molar-refractivity contribution in [2.45, 2.75) is 31.2 Å². The number of amides is 1. The summed E-state index contributed by atoms with van der Waals surface area (Å²) in [5, 5.41) is 12.0. The average molecular weight is 267 g/mol. The maximum Gasteiger partial charge on any atom is 0.310 e. The first kappa shape index (κ1) is 12.6. The lowest BCUT2D eigenvalue weighted by atomic mass is 9.82. The molecular weight excluding hydrogens is 250 g/mol. The van der Waals surface area contributed by atoms with Crippen molar-refractivity contribution >= 4 is 11.9 Å². The summed E-state index contributed by atoms with van der Waals surface area (Å²) in [6, 6.07) is 0. The van der Waals surface area contributed by atoms with Gasteiger partial charge < -0.3 is 19.9 Å². The van der Waals surface area contributed by atoms with E-state index >= 15 is 0 Å². The van der Waals surface area contributed by atoms with Crippen LogP contribution in [0.5, 0.6) is 0 Å². The third kappa shape index (κ3) is 2.26. The molecule has 104 valence electrons. The van der Waals surface area contributed by atoms with E-state index in [4.69, 9.17) is 9.47 Å². The molecule has 1 amide bonds. The molecule has 0 aromatic rings. The Morgan fingerprint density at radius 3 is 2.63 bits per heavy atom. The molecule has 0 aromatic heterocycles. The van der Waals surface area contributed by atoms with Crippen molar-refractivity contribution in [1.29, 1.82) is 0 Å². The van der Waals surface area contributed by atoms with E-state index in [1.54, 1.807) is 12.2 Å². The van der Waals surface area contributed by atoms with Gasteiger partial charge in [-0.25, -0.2) is 0 Å². The van der Waals surface area contributed by atoms with Crippen molar-refractivity contribution < 1.29 is 24.2 Å². The fraction of sp³-hybridized carbons (Fsp3) is 0.692. The van der Waals surface area contributed by atoms with Gasteiger partial charge in [0.1, 0.15) is 5.92 Å². The summed E-state index contributed by atoms with van der Waals surface area (Å²) in [4.78, 5) is 23.4. The molecule has 3 heterocycles. The Balaban J connectivity index is 1.62. The van der Waals surface area contributed by atoms with E-state index in [-0.39, 0.29) is 12.0 Å². The predicted molar refractivity (Wildman–Crippen MR) is 64.4 cm³/mol. The van der Waals surface area contributed by atoms with E-state index in [2.05, 4.69) is 5.32 Å². The van der Waals surface area contributed by atoms with Gasteiger partial charge in [0.25, 0.3) is 0 Å². The zero-order valence-electron chi connectivity index (χ0n) is 10.5. The minimum absolute atomic E-state index is 0.0577. The van der Waals surface area contributed by atoms with Gasteiger partial charge in [0, 0.05) is 13.2 Å². The first-order valence-electron chi connectivity index (χ1n) is 6.63. The number of carboxylic acid groups (broad SMARTS) is 1. The molecule has 6 heteroatoms. The first-order chi connectivity index (χ1) is 9.16. The maximum atomic E-state index is 12.2. The standard InChI is InChI=1S/C13H17NO5/c15-12(14-6-7-2-1-5-18-7)10-8-3-4-9(19-8)11(10)13(16)17/h3-4,7-11H,1-2,5-6H2,(H,14,15)(H,16,17)/t7-,8-,9-,10+,11-/m1/s1. The van der Waals surface area contributed by atoms with Crippen LogP contribution < -0.4 is 5.32 Å². The summed E-state index contributed by atoms with van der Waals surface area (Å²) in [6.45, 7) is 1.18. The van der Waals surface area contributed by atoms with Crippen LogP contribution in [0.4, 0.5) is 0 Å². The minimum Gasteiger partial charge on any atom is -0.481 e. The number of aliphatic carboxylic acids is 1. The number of hydrogen-bond acceptors (Lipinski definition) is 4. The molecule has 3 aliphatic heterocycles. The zero-order valence-corrected chi connectivity index (χ0v) is 10.5. The Kier molecular flexibility index (Phi) is 3.28. The second-order valence-electron chi connectivity index (χ2n) is 5.22. The Hall–Kier alpha value is -1.40. The minimum atomic E-state index is -0.978. The predicted octanol–water partition coefficient (Wildman–Crippen LogP) is -0.0642. The van der Waals surface area contributed by atoms with E-state index < -0.39 is 30.0 Å². The van der Waals surface area contributed by atoms with E-state index in [9.17, 15) is 14.7 Å². The van der Waals surface area contributed by atoms with Crippen molar-refractivity contribution in [2.75, 3.05) is 13.2 Å². The molecule has 2 saturated heterocycles. The van der Waals surface area contributed by atoms with Crippen LogP contribution >= 0.6 is 0 Å². The molecule has 0 radical (unpaired) electrons. The first-order valence-corrected chi connectivity index (χ1v) is 6.63. The molecule has 6 nitrogen and oxygen atoms in total. The summed E-state index contributed by atoms with van der Waals surface area (Å²) in [5.74, 6) is -2.64. The van der Waals surface area contributed by atoms with Gasteiger partial charge in [0.15, 0.2) is 0 Å². The maximum absolute atomic E-state index is 12.2. The van der Waals surface area contributed by atoms with Gasteiger partial charge in [0.05, 0.1) is 24.2 Å². The molecule has 2 fully saturated rings. The van der Waals surface area contributed by atoms with Crippen molar-refractivity contribution in [3.63, 3.8) is 0 Å². The summed E-state index contributed by atoms with van der Waals surface area (Å²) in [7, 11) is 0. The third-order valence-electron chi connectivity index (χ3n) is 4.02. The number of rotatable bonds is 4. The van der Waals surface area contributed by atoms with Gasteiger partial charge in [-0.05, 0) is 12.8 Å². The summed E-state index contributed by atoms with van der Waals surface area (Å²) in [6.07, 6.45) is 4.64. The largest absolute Gasteiger partial charge is 0.481 e. The Morgan fingerprint density at radius 2 is 2.00 bits per heavy atom. The quantitative estimate of drug-likeness (QED) is 0.697. The fourth-order valence-corrected chi connectivity index (χ4v) is 3.05. The number of carbonyl (C=O) groups excluding carboxylic acids is 1. The molecule has 0 aromatic carbocycles. The van der Waals surface area contributed by atoms with E-state index in [0.717, 1.165) is 19.4 Å². The van der Waals surface area contributed by atoms with Crippen molar-refractivity contribution in [1.82, 2.24) is 5.32 Å². The number of nitrogens with one attached hydrogen (secondary N) is 1. The van der Waals surface area contributed by atoms with Crippen LogP contribution in [-0.4, -0.2) is 48.4 Å². The summed E-state index contributed by atoms with van der Waals surface area (Å²) in [5.41, 5.74) is 0. The molecule has 3 rings (SSSR count). The topological polar surface area (TPSA) is 84.9 Å². The highest BCUT2D eigenvalue weighted by Crippen LogP contribution is 2.39. The van der Waals surface area contributed by atoms with Crippen molar-refractivity contribution in [2.24, 2.45) is 11.8 Å². The van der Waals surface area contributed by atoms with Gasteiger partial charge in [0.2, 0.25) is 5.91 Å². The third-order valence-corrected chi connectivity index (χ3v) is 4.02. The molecule has 0 spiro atoms. The van der Waals surface area contributed by atoms with Crippen LogP contribution in [0.25, 0.3) is 0 Å². The lowest BCUT2D eigenvalue weighted by molar-refractivity contribution is -0.146. The van der Waals surface area contributed by atoms with Crippen LogP contribution in [0, 0.1) is 11.8 Å². The van der Waals surface area contributed by atoms with Crippen LogP contribution in [0.1, 0.15) is 12.8 Å². The fourth-order valence-electron chi connectivity index (χ4n) is 3.05. The number of ether oxygens (including phenoxy) is 2. The SMILES string of the molecule is O=C(NC[C@H]1CCCO1)[C@@H]1[C@H](C(=O)O)[C@H]2C=C[C@H]1O2. The Bertz CT molecular complexity index is 415. The zero-order chi connectivity index (χ0) is 13.4. The second kappa shape index (κ2) is 4.94. The normalized spacial score (nSPS) is 39.7. The summed E-state index contributed by atoms with van der Waals surface area (Å²) >= 11 is 0. The highest BCUT2D eigenvalue weighted by Gasteiger charge is 2.53. The summed E-state index contributed by atoms with van der Waals surface area (Å²) < 4.78 is 10.9. The van der Waals surface area contributed by atoms with Crippen LogP contribution in [0.2, 0.25) is 0 Å². The molecule has 0 saturated carbocycles. The molecule has 5 atom stereocenters. The average Bonchev–Trinajstić information content (AvgIpc) is 3.10. The highest BCUT2D eigenvalue weighted by atomic mass is 16.5. The Morgan fingerprint density at radius 1 is 1.26 bits per heavy atom. The van der Waals surface area contributed by atoms with Crippen LogP contribution in [-0.2, 0) is 19.1 Å². The van der Waals surface area contributed by atoms with Crippen molar-refractivity contribution in [3.8, 4) is 0 Å². The van der Waals surface area contributed by atoms with E-state index in [1.165, 1.54) is 0 Å². The lowest BCUT2D eigenvalue weighted by Crippen LogP contribution is -2.44. The lowest BCUT2D eigenvalue weighted by Gasteiger charge is -2.21. The molecule has 3 aliphatic rings. The van der Waals surface area contributed by atoms with E-state index in [0.29, 0.717) is 6.54 Å². The molecule has 0 aliphatic carbocycles. The smallest absolute Gasteiger partial charge is 0.310 e. The van der Waals surface area contributed by atoms with Gasteiger partial charge >= 0.3 is 5.97 Å². The molecule has 0 unspecified atom stereocenters. The number of carbonyl (C=O) groups is 2. The van der Waals surface area contributed by atoms with Crippen LogP contribution in [0.3, 0.4) is 0 Å². The van der Waals surface area contributed by atoms with Gasteiger partial charge in [-0.3, -0.25) is 9.59 Å². The number of fused-ring (bicyclic) bond motifs is 2.